The lowest BCUT2D eigenvalue weighted by Gasteiger charge is -2.43. The largest absolute Gasteiger partial charge is 0.593 e. The van der Waals surface area contributed by atoms with Crippen LogP contribution in [0.5, 0.6) is 5.88 Å². The summed E-state index contributed by atoms with van der Waals surface area (Å²) < 4.78 is 33.4. The summed E-state index contributed by atoms with van der Waals surface area (Å²) in [6, 6.07) is 3.04. The average Bonchev–Trinajstić information content (AvgIpc) is 2.62. The first-order valence-corrected chi connectivity index (χ1v) is 9.54. The number of sulfonamides is 1. The number of hydrogen-bond donors (Lipinski definition) is 1. The molecule has 0 aromatic carbocycles. The van der Waals surface area contributed by atoms with Crippen molar-refractivity contribution in [3.05, 3.63) is 18.3 Å². The van der Waals surface area contributed by atoms with Crippen LogP contribution in [0.15, 0.2) is 23.2 Å². The third kappa shape index (κ3) is 3.18. The number of ether oxygens (including phenoxy) is 1. The van der Waals surface area contributed by atoms with E-state index < -0.39 is 21.4 Å². The van der Waals surface area contributed by atoms with Gasteiger partial charge in [-0.1, -0.05) is 25.0 Å². The Hall–Kier alpha value is -1.51. The molecule has 2 unspecified atom stereocenters. The third-order valence-corrected chi connectivity index (χ3v) is 5.81. The van der Waals surface area contributed by atoms with Gasteiger partial charge in [0.25, 0.3) is 5.88 Å². The molecule has 0 bridgehead atoms. The van der Waals surface area contributed by atoms with E-state index in [1.165, 1.54) is 12.3 Å². The van der Waals surface area contributed by atoms with Crippen molar-refractivity contribution in [1.29, 1.82) is 0 Å². The minimum atomic E-state index is -3.66. The number of nitrogens with one attached hydrogen (secondary N) is 1. The zero-order chi connectivity index (χ0) is 17.6. The van der Waals surface area contributed by atoms with E-state index in [2.05, 4.69) is 9.71 Å². The van der Waals surface area contributed by atoms with E-state index in [1.807, 2.05) is 20.8 Å². The quantitative estimate of drug-likeness (QED) is 0.711. The van der Waals surface area contributed by atoms with Crippen LogP contribution in [-0.4, -0.2) is 45.6 Å². The molecule has 0 saturated carbocycles. The molecule has 1 saturated heterocycles. The molecule has 1 N–H and O–H groups in total. The molecule has 8 heteroatoms. The number of pyridine rings is 1. The van der Waals surface area contributed by atoms with Gasteiger partial charge in [-0.05, 0) is 18.9 Å². The SMILES string of the molecule is CC(C)(C)C(=O)N1CCCC2(CN[S+](=O)([O-])c3cccnc3O2)C1. The minimum Gasteiger partial charge on any atom is -0.593 e. The van der Waals surface area contributed by atoms with Gasteiger partial charge in [-0.3, -0.25) is 4.79 Å². The maximum Gasteiger partial charge on any atom is 0.272 e. The van der Waals surface area contributed by atoms with E-state index in [0.717, 1.165) is 6.42 Å². The van der Waals surface area contributed by atoms with Crippen LogP contribution in [0.25, 0.3) is 0 Å². The zero-order valence-corrected chi connectivity index (χ0v) is 15.0. The molecule has 2 aliphatic rings. The predicted molar refractivity (Wildman–Crippen MR) is 88.0 cm³/mol. The molecule has 1 amide bonds. The van der Waals surface area contributed by atoms with Crippen molar-refractivity contribution in [3.63, 3.8) is 0 Å². The lowest BCUT2D eigenvalue weighted by atomic mass is 9.88. The van der Waals surface area contributed by atoms with Crippen LogP contribution < -0.4 is 9.46 Å². The zero-order valence-electron chi connectivity index (χ0n) is 14.2. The molecular formula is C16H23N3O4S. The van der Waals surface area contributed by atoms with Crippen molar-refractivity contribution in [2.45, 2.75) is 44.1 Å². The summed E-state index contributed by atoms with van der Waals surface area (Å²) in [6.45, 7) is 6.77. The second-order valence-corrected chi connectivity index (χ2v) is 9.23. The summed E-state index contributed by atoms with van der Waals surface area (Å²) >= 11 is 0. The highest BCUT2D eigenvalue weighted by Crippen LogP contribution is 2.35. The Kier molecular flexibility index (Phi) is 4.17. The van der Waals surface area contributed by atoms with Crippen LogP contribution in [0, 0.1) is 5.41 Å². The van der Waals surface area contributed by atoms with Gasteiger partial charge in [0.15, 0.2) is 10.4 Å². The van der Waals surface area contributed by atoms with E-state index in [9.17, 15) is 13.6 Å². The van der Waals surface area contributed by atoms with Gasteiger partial charge in [0, 0.05) is 24.2 Å². The van der Waals surface area contributed by atoms with E-state index in [4.69, 9.17) is 4.74 Å². The van der Waals surface area contributed by atoms with Gasteiger partial charge in [-0.25, -0.2) is 4.98 Å². The van der Waals surface area contributed by atoms with E-state index in [-0.39, 0.29) is 23.2 Å². The normalized spacial score (nSPS) is 30.4. The Morgan fingerprint density at radius 3 is 2.96 bits per heavy atom. The van der Waals surface area contributed by atoms with Gasteiger partial charge in [0.1, 0.15) is 5.60 Å². The lowest BCUT2D eigenvalue weighted by Crippen LogP contribution is -2.59. The Morgan fingerprint density at radius 1 is 1.50 bits per heavy atom. The Balaban J connectivity index is 1.91. The summed E-state index contributed by atoms with van der Waals surface area (Å²) in [5.74, 6) is 0.145. The van der Waals surface area contributed by atoms with Gasteiger partial charge >= 0.3 is 0 Å². The molecule has 3 heterocycles. The number of rotatable bonds is 0. The summed E-state index contributed by atoms with van der Waals surface area (Å²) in [5, 5.41) is 0. The second-order valence-electron chi connectivity index (χ2n) is 7.50. The van der Waals surface area contributed by atoms with Crippen molar-refractivity contribution in [1.82, 2.24) is 14.6 Å². The standard InChI is InChI=1S/C16H23N3O4S/c1-15(2,3)14(20)19-9-5-7-16(11-19)10-18-24(21,22)12-6-4-8-17-13(12)23-16/h4,6,8H,5,7,9-11H2,1-3H3,(H-,18,21,22). The highest BCUT2D eigenvalue weighted by atomic mass is 32.3. The maximum absolute atomic E-state index is 12.6. The highest BCUT2D eigenvalue weighted by Gasteiger charge is 2.46. The number of amides is 1. The van der Waals surface area contributed by atoms with E-state index >= 15 is 0 Å². The predicted octanol–water partition coefficient (Wildman–Crippen LogP) is 1.37. The monoisotopic (exact) mass is 353 g/mol. The fourth-order valence-electron chi connectivity index (χ4n) is 3.18. The van der Waals surface area contributed by atoms with Crippen LogP contribution in [0.3, 0.4) is 0 Å². The molecule has 0 radical (unpaired) electrons. The fourth-order valence-corrected chi connectivity index (χ4v) is 4.37. The molecular weight excluding hydrogens is 330 g/mol. The van der Waals surface area contributed by atoms with Crippen molar-refractivity contribution >= 4 is 16.3 Å². The molecule has 1 aromatic rings. The van der Waals surface area contributed by atoms with E-state index in [0.29, 0.717) is 19.5 Å². The average molecular weight is 353 g/mol. The van der Waals surface area contributed by atoms with Crippen LogP contribution in [-0.2, 0) is 19.4 Å². The number of carbonyl (C=O) groups excluding carboxylic acids is 1. The lowest BCUT2D eigenvalue weighted by molar-refractivity contribution is -0.145. The smallest absolute Gasteiger partial charge is 0.272 e. The molecule has 24 heavy (non-hydrogen) atoms. The number of likely N-dealkylation sites (tertiary alicyclic amines) is 1. The summed E-state index contributed by atoms with van der Waals surface area (Å²) in [5.41, 5.74) is -1.27. The fraction of sp³-hybridized carbons (Fsp3) is 0.625. The summed E-state index contributed by atoms with van der Waals surface area (Å²) in [6.07, 6.45) is 2.93. The van der Waals surface area contributed by atoms with Crippen LogP contribution in [0.2, 0.25) is 0 Å². The summed E-state index contributed by atoms with van der Waals surface area (Å²) in [7, 11) is -3.66. The first kappa shape index (κ1) is 17.3. The van der Waals surface area contributed by atoms with Gasteiger partial charge in [0.05, 0.1) is 13.1 Å². The highest BCUT2D eigenvalue weighted by molar-refractivity contribution is 7.95. The van der Waals surface area contributed by atoms with Gasteiger partial charge in [-0.2, -0.15) is 0 Å². The molecule has 2 aliphatic heterocycles. The van der Waals surface area contributed by atoms with E-state index in [1.54, 1.807) is 11.0 Å². The maximum atomic E-state index is 12.6. The molecule has 3 rings (SSSR count). The third-order valence-electron chi connectivity index (χ3n) is 4.39. The Morgan fingerprint density at radius 2 is 2.25 bits per heavy atom. The Bertz CT molecular complexity index is 703. The number of nitrogens with zero attached hydrogens (tertiary/aromatic N) is 2. The number of carbonyl (C=O) groups is 1. The van der Waals surface area contributed by atoms with Crippen LogP contribution in [0.4, 0.5) is 0 Å². The molecule has 1 fully saturated rings. The number of piperidine rings is 1. The first-order valence-electron chi connectivity index (χ1n) is 8.06. The topological polar surface area (TPSA) is 94.6 Å². The number of hydrogen-bond acceptors (Lipinski definition) is 5. The van der Waals surface area contributed by atoms with Crippen molar-refractivity contribution in [2.75, 3.05) is 19.6 Å². The molecule has 132 valence electrons. The van der Waals surface area contributed by atoms with Crippen LogP contribution >= 0.6 is 0 Å². The minimum absolute atomic E-state index is 0.0403. The number of aromatic nitrogens is 1. The van der Waals surface area contributed by atoms with Crippen molar-refractivity contribution in [2.24, 2.45) is 5.41 Å². The molecule has 1 aromatic heterocycles. The molecule has 0 aliphatic carbocycles. The second kappa shape index (κ2) is 5.79. The number of fused-ring (bicyclic) bond motifs is 1. The van der Waals surface area contributed by atoms with Crippen molar-refractivity contribution < 1.29 is 18.3 Å². The molecule has 2 atom stereocenters. The Labute approximate surface area is 143 Å². The van der Waals surface area contributed by atoms with Gasteiger partial charge in [-0.15, -0.1) is 4.72 Å². The van der Waals surface area contributed by atoms with Gasteiger partial charge in [0.2, 0.25) is 10.8 Å². The van der Waals surface area contributed by atoms with Gasteiger partial charge < -0.3 is 14.2 Å². The van der Waals surface area contributed by atoms with Crippen LogP contribution in [0.1, 0.15) is 33.6 Å². The first-order chi connectivity index (χ1) is 11.1. The summed E-state index contributed by atoms with van der Waals surface area (Å²) in [4.78, 5) is 18.5. The van der Waals surface area contributed by atoms with Crippen molar-refractivity contribution in [3.8, 4) is 5.88 Å². The molecule has 1 spiro atoms. The molecule has 7 nitrogen and oxygen atoms in total.